The van der Waals surface area contributed by atoms with Gasteiger partial charge in [-0.2, -0.15) is 0 Å². The van der Waals surface area contributed by atoms with Crippen LogP contribution in [-0.4, -0.2) is 18.6 Å². The van der Waals surface area contributed by atoms with E-state index < -0.39 is 0 Å². The lowest BCUT2D eigenvalue weighted by Gasteiger charge is -2.21. The topological polar surface area (TPSA) is 64.3 Å². The first-order valence-corrected chi connectivity index (χ1v) is 6.47. The number of nitrogens with two attached hydrogens (primary N) is 1. The normalized spacial score (nSPS) is 19.5. The van der Waals surface area contributed by atoms with Crippen LogP contribution in [0.4, 0.5) is 0 Å². The Kier molecular flexibility index (Phi) is 4.73. The Balaban J connectivity index is 1.84. The number of nitrogens with one attached hydrogen (secondary N) is 1. The molecule has 1 aliphatic heterocycles. The number of hydrogen-bond acceptors (Lipinski definition) is 3. The van der Waals surface area contributed by atoms with Gasteiger partial charge in [-0.25, -0.2) is 0 Å². The summed E-state index contributed by atoms with van der Waals surface area (Å²) in [5.74, 6) is -0.00662. The summed E-state index contributed by atoms with van der Waals surface area (Å²) in [5.41, 5.74) is 7.73. The summed E-state index contributed by atoms with van der Waals surface area (Å²) in [6.45, 7) is 1.75. The SMILES string of the molecule is NCc1cccc(CNC(=O)C2CCCCO2)c1. The third-order valence-corrected chi connectivity index (χ3v) is 3.17. The van der Waals surface area contributed by atoms with Crippen LogP contribution in [0.5, 0.6) is 0 Å². The molecule has 0 radical (unpaired) electrons. The van der Waals surface area contributed by atoms with E-state index in [0.29, 0.717) is 19.7 Å². The molecule has 0 aromatic heterocycles. The minimum atomic E-state index is -0.267. The van der Waals surface area contributed by atoms with Crippen LogP contribution < -0.4 is 11.1 Å². The first kappa shape index (κ1) is 13.1. The molecular weight excluding hydrogens is 228 g/mol. The van der Waals surface area contributed by atoms with Crippen LogP contribution in [0, 0.1) is 0 Å². The Bertz CT molecular complexity index is 401. The highest BCUT2D eigenvalue weighted by Crippen LogP contribution is 2.13. The van der Waals surface area contributed by atoms with Crippen molar-refractivity contribution < 1.29 is 9.53 Å². The predicted octanol–water partition coefficient (Wildman–Crippen LogP) is 1.33. The molecule has 4 heteroatoms. The van der Waals surface area contributed by atoms with Crippen LogP contribution >= 0.6 is 0 Å². The van der Waals surface area contributed by atoms with Gasteiger partial charge in [-0.3, -0.25) is 4.79 Å². The molecule has 2 rings (SSSR count). The number of ether oxygens (including phenoxy) is 1. The Labute approximate surface area is 108 Å². The molecule has 1 aliphatic rings. The third-order valence-electron chi connectivity index (χ3n) is 3.17. The third kappa shape index (κ3) is 3.55. The van der Waals surface area contributed by atoms with E-state index in [2.05, 4.69) is 5.32 Å². The first-order chi connectivity index (χ1) is 8.79. The summed E-state index contributed by atoms with van der Waals surface area (Å²) in [6, 6.07) is 7.94. The van der Waals surface area contributed by atoms with E-state index in [9.17, 15) is 4.79 Å². The van der Waals surface area contributed by atoms with Gasteiger partial charge in [-0.15, -0.1) is 0 Å². The number of amides is 1. The zero-order valence-corrected chi connectivity index (χ0v) is 10.5. The van der Waals surface area contributed by atoms with Gasteiger partial charge < -0.3 is 15.8 Å². The van der Waals surface area contributed by atoms with Crippen molar-refractivity contribution in [2.24, 2.45) is 5.73 Å². The van der Waals surface area contributed by atoms with Crippen LogP contribution in [0.15, 0.2) is 24.3 Å². The van der Waals surface area contributed by atoms with Crippen LogP contribution in [0.2, 0.25) is 0 Å². The van der Waals surface area contributed by atoms with E-state index >= 15 is 0 Å². The average molecular weight is 248 g/mol. The van der Waals surface area contributed by atoms with E-state index in [1.807, 2.05) is 24.3 Å². The maximum Gasteiger partial charge on any atom is 0.249 e. The van der Waals surface area contributed by atoms with Gasteiger partial charge in [-0.1, -0.05) is 24.3 Å². The van der Waals surface area contributed by atoms with Crippen molar-refractivity contribution in [1.29, 1.82) is 0 Å². The van der Waals surface area contributed by atoms with Gasteiger partial charge >= 0.3 is 0 Å². The average Bonchev–Trinajstić information content (AvgIpc) is 2.46. The second-order valence-electron chi connectivity index (χ2n) is 4.60. The quantitative estimate of drug-likeness (QED) is 0.845. The minimum absolute atomic E-state index is 0.00662. The summed E-state index contributed by atoms with van der Waals surface area (Å²) in [6.07, 6.45) is 2.69. The molecule has 0 saturated carbocycles. The van der Waals surface area contributed by atoms with E-state index in [4.69, 9.17) is 10.5 Å². The molecule has 3 N–H and O–H groups in total. The molecule has 0 aliphatic carbocycles. The highest BCUT2D eigenvalue weighted by atomic mass is 16.5. The lowest BCUT2D eigenvalue weighted by molar-refractivity contribution is -0.135. The van der Waals surface area contributed by atoms with Crippen molar-refractivity contribution in [3.05, 3.63) is 35.4 Å². The van der Waals surface area contributed by atoms with Crippen LogP contribution in [0.3, 0.4) is 0 Å². The van der Waals surface area contributed by atoms with Gasteiger partial charge in [0.25, 0.3) is 0 Å². The smallest absolute Gasteiger partial charge is 0.249 e. The molecular formula is C14H20N2O2. The molecule has 1 unspecified atom stereocenters. The van der Waals surface area contributed by atoms with E-state index in [1.54, 1.807) is 0 Å². The van der Waals surface area contributed by atoms with Gasteiger partial charge in [0.2, 0.25) is 5.91 Å². The number of hydrogen-bond donors (Lipinski definition) is 2. The Morgan fingerprint density at radius 2 is 2.22 bits per heavy atom. The number of rotatable bonds is 4. The standard InChI is InChI=1S/C14H20N2O2/c15-9-11-4-3-5-12(8-11)10-16-14(17)13-6-1-2-7-18-13/h3-5,8,13H,1-2,6-7,9-10,15H2,(H,16,17). The summed E-state index contributed by atoms with van der Waals surface area (Å²) < 4.78 is 5.44. The summed E-state index contributed by atoms with van der Waals surface area (Å²) >= 11 is 0. The monoisotopic (exact) mass is 248 g/mol. The summed E-state index contributed by atoms with van der Waals surface area (Å²) in [4.78, 5) is 11.9. The van der Waals surface area contributed by atoms with Crippen molar-refractivity contribution in [1.82, 2.24) is 5.32 Å². The molecule has 1 aromatic carbocycles. The molecule has 1 saturated heterocycles. The Morgan fingerprint density at radius 3 is 2.94 bits per heavy atom. The molecule has 18 heavy (non-hydrogen) atoms. The van der Waals surface area contributed by atoms with E-state index in [1.165, 1.54) is 0 Å². The second-order valence-corrected chi connectivity index (χ2v) is 4.60. The molecule has 98 valence electrons. The van der Waals surface area contributed by atoms with E-state index in [-0.39, 0.29) is 12.0 Å². The van der Waals surface area contributed by atoms with Gasteiger partial charge in [-0.05, 0) is 30.4 Å². The fraction of sp³-hybridized carbons (Fsp3) is 0.500. The molecule has 1 heterocycles. The van der Waals surface area contributed by atoms with Gasteiger partial charge in [0, 0.05) is 19.7 Å². The van der Waals surface area contributed by atoms with Crippen molar-refractivity contribution in [2.45, 2.75) is 38.5 Å². The lowest BCUT2D eigenvalue weighted by atomic mass is 10.1. The van der Waals surface area contributed by atoms with Gasteiger partial charge in [0.15, 0.2) is 0 Å². The Hall–Kier alpha value is -1.39. The van der Waals surface area contributed by atoms with Crippen LogP contribution in [0.25, 0.3) is 0 Å². The van der Waals surface area contributed by atoms with Crippen molar-refractivity contribution in [3.8, 4) is 0 Å². The molecule has 0 bridgehead atoms. The zero-order chi connectivity index (χ0) is 12.8. The summed E-state index contributed by atoms with van der Waals surface area (Å²) in [5, 5.41) is 2.92. The van der Waals surface area contributed by atoms with Crippen molar-refractivity contribution in [2.75, 3.05) is 6.61 Å². The number of carbonyl (C=O) groups excluding carboxylic acids is 1. The van der Waals surface area contributed by atoms with Gasteiger partial charge in [0.1, 0.15) is 6.10 Å². The second kappa shape index (κ2) is 6.52. The fourth-order valence-electron chi connectivity index (χ4n) is 2.12. The highest BCUT2D eigenvalue weighted by Gasteiger charge is 2.21. The van der Waals surface area contributed by atoms with Crippen molar-refractivity contribution >= 4 is 5.91 Å². The number of carbonyl (C=O) groups is 1. The number of benzene rings is 1. The molecule has 4 nitrogen and oxygen atoms in total. The largest absolute Gasteiger partial charge is 0.368 e. The predicted molar refractivity (Wildman–Crippen MR) is 69.8 cm³/mol. The van der Waals surface area contributed by atoms with Gasteiger partial charge in [0.05, 0.1) is 0 Å². The van der Waals surface area contributed by atoms with E-state index in [0.717, 1.165) is 30.4 Å². The van der Waals surface area contributed by atoms with Crippen molar-refractivity contribution in [3.63, 3.8) is 0 Å². The molecule has 1 amide bonds. The maximum atomic E-state index is 11.9. The lowest BCUT2D eigenvalue weighted by Crippen LogP contribution is -2.37. The van der Waals surface area contributed by atoms with Crippen LogP contribution in [0.1, 0.15) is 30.4 Å². The fourth-order valence-corrected chi connectivity index (χ4v) is 2.12. The molecule has 1 fully saturated rings. The molecule has 1 aromatic rings. The zero-order valence-electron chi connectivity index (χ0n) is 10.5. The first-order valence-electron chi connectivity index (χ1n) is 6.47. The molecule has 0 spiro atoms. The maximum absolute atomic E-state index is 11.9. The highest BCUT2D eigenvalue weighted by molar-refractivity contribution is 5.80. The minimum Gasteiger partial charge on any atom is -0.368 e. The van der Waals surface area contributed by atoms with Crippen LogP contribution in [-0.2, 0) is 22.6 Å². The molecule has 1 atom stereocenters. The Morgan fingerprint density at radius 1 is 1.39 bits per heavy atom. The summed E-state index contributed by atoms with van der Waals surface area (Å²) in [7, 11) is 0.